The molecule has 0 unspecified atom stereocenters. The number of hydrogen-bond donors (Lipinski definition) is 2. The third-order valence-corrected chi connectivity index (χ3v) is 7.10. The van der Waals surface area contributed by atoms with E-state index in [1.165, 1.54) is 29.5 Å². The van der Waals surface area contributed by atoms with E-state index in [0.717, 1.165) is 59.3 Å². The summed E-state index contributed by atoms with van der Waals surface area (Å²) in [6.45, 7) is 12.8. The Labute approximate surface area is 230 Å². The summed E-state index contributed by atoms with van der Waals surface area (Å²) < 4.78 is 0. The van der Waals surface area contributed by atoms with Crippen LogP contribution in [0.15, 0.2) is 48.7 Å². The number of rotatable bonds is 12. The van der Waals surface area contributed by atoms with Gasteiger partial charge in [0, 0.05) is 37.6 Å². The molecule has 6 heteroatoms. The number of anilines is 4. The van der Waals surface area contributed by atoms with Crippen LogP contribution in [0.5, 0.6) is 0 Å². The molecule has 0 atom stereocenters. The van der Waals surface area contributed by atoms with Crippen LogP contribution >= 0.6 is 0 Å². The first-order valence-electron chi connectivity index (χ1n) is 13.7. The first-order chi connectivity index (χ1) is 18.1. The molecule has 0 radical (unpaired) electrons. The van der Waals surface area contributed by atoms with Gasteiger partial charge in [-0.1, -0.05) is 44.5 Å². The third-order valence-electron chi connectivity index (χ3n) is 7.10. The SMILES string of the molecule is C/C=C(/c1ccnc(Nc2cc(N)c(N(C)CCN(C)C)cc2C)n1)c1cccc(CCCC(C)C)c1C. The van der Waals surface area contributed by atoms with Crippen LogP contribution in [0.3, 0.4) is 0 Å². The number of nitrogens with two attached hydrogens (primary N) is 1. The molecule has 3 rings (SSSR count). The second-order valence-electron chi connectivity index (χ2n) is 10.9. The van der Waals surface area contributed by atoms with Gasteiger partial charge in [0.15, 0.2) is 0 Å². The molecule has 0 aliphatic rings. The Kier molecular flexibility index (Phi) is 10.3. The summed E-state index contributed by atoms with van der Waals surface area (Å²) in [5.41, 5.74) is 16.2. The maximum Gasteiger partial charge on any atom is 0.227 e. The molecule has 0 spiro atoms. The molecule has 204 valence electrons. The van der Waals surface area contributed by atoms with Crippen molar-refractivity contribution in [2.75, 3.05) is 50.2 Å². The van der Waals surface area contributed by atoms with E-state index in [1.54, 1.807) is 0 Å². The second-order valence-corrected chi connectivity index (χ2v) is 10.9. The van der Waals surface area contributed by atoms with Gasteiger partial charge in [-0.3, -0.25) is 0 Å². The normalized spacial score (nSPS) is 11.9. The first kappa shape index (κ1) is 29.2. The van der Waals surface area contributed by atoms with Gasteiger partial charge in [-0.2, -0.15) is 0 Å². The standard InChI is InChI=1S/C32H46N6/c1-9-26(27-15-11-14-25(24(27)5)13-10-12-22(2)3)29-16-17-34-32(35-29)36-30-21-28(33)31(20-23(30)4)38(8)19-18-37(6)7/h9,11,14-17,20-22H,10,12-13,18-19,33H2,1-8H3,(H,34,35,36)/b26-9+. The highest BCUT2D eigenvalue weighted by atomic mass is 15.2. The minimum atomic E-state index is 0.559. The minimum absolute atomic E-state index is 0.559. The number of nitrogens with zero attached hydrogens (tertiary/aromatic N) is 4. The minimum Gasteiger partial charge on any atom is -0.397 e. The molecule has 0 saturated carbocycles. The monoisotopic (exact) mass is 514 g/mol. The van der Waals surface area contributed by atoms with Crippen LogP contribution in [-0.2, 0) is 6.42 Å². The van der Waals surface area contributed by atoms with Crippen LogP contribution in [0, 0.1) is 19.8 Å². The molecule has 0 aliphatic heterocycles. The molecule has 0 bridgehead atoms. The third kappa shape index (κ3) is 7.57. The van der Waals surface area contributed by atoms with E-state index in [0.29, 0.717) is 5.95 Å². The van der Waals surface area contributed by atoms with Crippen molar-refractivity contribution < 1.29 is 0 Å². The number of benzene rings is 2. The highest BCUT2D eigenvalue weighted by molar-refractivity contribution is 5.81. The molecule has 1 heterocycles. The first-order valence-corrected chi connectivity index (χ1v) is 13.7. The Morgan fingerprint density at radius 1 is 1.08 bits per heavy atom. The number of nitrogens with one attached hydrogen (secondary N) is 1. The van der Waals surface area contributed by atoms with Gasteiger partial charge in [-0.15, -0.1) is 0 Å². The highest BCUT2D eigenvalue weighted by Gasteiger charge is 2.14. The number of nitrogen functional groups attached to an aromatic ring is 1. The molecule has 0 aliphatic carbocycles. The average Bonchev–Trinajstić information content (AvgIpc) is 2.87. The van der Waals surface area contributed by atoms with Gasteiger partial charge in [0.05, 0.1) is 17.1 Å². The summed E-state index contributed by atoms with van der Waals surface area (Å²) in [6, 6.07) is 12.7. The predicted molar refractivity (Wildman–Crippen MR) is 164 cm³/mol. The highest BCUT2D eigenvalue weighted by Crippen LogP contribution is 2.32. The zero-order valence-corrected chi connectivity index (χ0v) is 24.6. The van der Waals surface area contributed by atoms with E-state index in [4.69, 9.17) is 10.7 Å². The van der Waals surface area contributed by atoms with Gasteiger partial charge in [-0.25, -0.2) is 9.97 Å². The number of aromatic nitrogens is 2. The Morgan fingerprint density at radius 3 is 2.53 bits per heavy atom. The van der Waals surface area contributed by atoms with Gasteiger partial charge in [0.1, 0.15) is 0 Å². The van der Waals surface area contributed by atoms with E-state index < -0.39 is 0 Å². The van der Waals surface area contributed by atoms with Crippen LogP contribution in [0.2, 0.25) is 0 Å². The fraction of sp³-hybridized carbons (Fsp3) is 0.438. The van der Waals surface area contributed by atoms with Crippen molar-refractivity contribution in [2.24, 2.45) is 5.92 Å². The molecule has 0 saturated heterocycles. The Hall–Kier alpha value is -3.38. The maximum absolute atomic E-state index is 6.46. The lowest BCUT2D eigenvalue weighted by Crippen LogP contribution is -2.29. The lowest BCUT2D eigenvalue weighted by Gasteiger charge is -2.24. The molecule has 3 aromatic rings. The quantitative estimate of drug-likeness (QED) is 0.258. The van der Waals surface area contributed by atoms with E-state index >= 15 is 0 Å². The number of hydrogen-bond acceptors (Lipinski definition) is 6. The maximum atomic E-state index is 6.46. The summed E-state index contributed by atoms with van der Waals surface area (Å²) in [5.74, 6) is 1.29. The Bertz CT molecular complexity index is 1240. The summed E-state index contributed by atoms with van der Waals surface area (Å²) in [4.78, 5) is 13.8. The predicted octanol–water partition coefficient (Wildman–Crippen LogP) is 6.85. The number of likely N-dealkylation sites (N-methyl/N-ethyl adjacent to an activating group) is 2. The number of aryl methyl sites for hydroxylation is 2. The topological polar surface area (TPSA) is 70.3 Å². The summed E-state index contributed by atoms with van der Waals surface area (Å²) in [5, 5.41) is 3.41. The summed E-state index contributed by atoms with van der Waals surface area (Å²) in [6.07, 6.45) is 7.53. The molecule has 0 amide bonds. The van der Waals surface area contributed by atoms with Gasteiger partial charge < -0.3 is 20.9 Å². The van der Waals surface area contributed by atoms with Gasteiger partial charge in [0.25, 0.3) is 0 Å². The summed E-state index contributed by atoms with van der Waals surface area (Å²) in [7, 11) is 6.23. The van der Waals surface area contributed by atoms with Gasteiger partial charge in [0.2, 0.25) is 5.95 Å². The van der Waals surface area contributed by atoms with Crippen molar-refractivity contribution in [3.05, 3.63) is 76.6 Å². The van der Waals surface area contributed by atoms with Crippen LogP contribution in [-0.4, -0.2) is 49.1 Å². The smallest absolute Gasteiger partial charge is 0.227 e. The molecule has 0 fully saturated rings. The van der Waals surface area contributed by atoms with Crippen molar-refractivity contribution in [3.8, 4) is 0 Å². The molecular formula is C32H46N6. The van der Waals surface area contributed by atoms with Crippen LogP contribution in [0.25, 0.3) is 5.57 Å². The van der Waals surface area contributed by atoms with Crippen LogP contribution in [0.1, 0.15) is 61.6 Å². The average molecular weight is 515 g/mol. The van der Waals surface area contributed by atoms with Crippen molar-refractivity contribution in [1.29, 1.82) is 0 Å². The van der Waals surface area contributed by atoms with Gasteiger partial charge in [-0.05, 0) is 94.1 Å². The zero-order chi connectivity index (χ0) is 27.8. The molecule has 2 aromatic carbocycles. The van der Waals surface area contributed by atoms with E-state index in [9.17, 15) is 0 Å². The van der Waals surface area contributed by atoms with Crippen molar-refractivity contribution in [1.82, 2.24) is 14.9 Å². The van der Waals surface area contributed by atoms with E-state index in [1.807, 2.05) is 18.3 Å². The van der Waals surface area contributed by atoms with Gasteiger partial charge >= 0.3 is 0 Å². The molecular weight excluding hydrogens is 468 g/mol. The molecule has 3 N–H and O–H groups in total. The fourth-order valence-corrected chi connectivity index (χ4v) is 4.72. The van der Waals surface area contributed by atoms with E-state index in [2.05, 4.69) is 106 Å². The zero-order valence-electron chi connectivity index (χ0n) is 24.6. The number of allylic oxidation sites excluding steroid dienone is 1. The summed E-state index contributed by atoms with van der Waals surface area (Å²) >= 11 is 0. The lowest BCUT2D eigenvalue weighted by atomic mass is 9.91. The fourth-order valence-electron chi connectivity index (χ4n) is 4.72. The largest absolute Gasteiger partial charge is 0.397 e. The van der Waals surface area contributed by atoms with Crippen molar-refractivity contribution in [3.63, 3.8) is 0 Å². The lowest BCUT2D eigenvalue weighted by molar-refractivity contribution is 0.416. The van der Waals surface area contributed by atoms with E-state index in [-0.39, 0.29) is 0 Å². The van der Waals surface area contributed by atoms with Crippen molar-refractivity contribution >= 4 is 28.6 Å². The van der Waals surface area contributed by atoms with Crippen LogP contribution < -0.4 is 16.0 Å². The second kappa shape index (κ2) is 13.4. The Morgan fingerprint density at radius 2 is 1.84 bits per heavy atom. The molecule has 1 aromatic heterocycles. The Balaban J connectivity index is 1.83. The molecule has 6 nitrogen and oxygen atoms in total. The van der Waals surface area contributed by atoms with Crippen LogP contribution in [0.4, 0.5) is 23.0 Å². The molecule has 38 heavy (non-hydrogen) atoms. The van der Waals surface area contributed by atoms with Crippen molar-refractivity contribution in [2.45, 2.75) is 53.9 Å².